The van der Waals surface area contributed by atoms with E-state index in [0.29, 0.717) is 17.4 Å². The lowest BCUT2D eigenvalue weighted by Gasteiger charge is -2.08. The second kappa shape index (κ2) is 7.38. The first-order valence-electron chi connectivity index (χ1n) is 8.12. The molecule has 0 bridgehead atoms. The van der Waals surface area contributed by atoms with E-state index in [-0.39, 0.29) is 22.1 Å². The van der Waals surface area contributed by atoms with E-state index in [4.69, 9.17) is 9.52 Å². The van der Waals surface area contributed by atoms with Crippen molar-refractivity contribution in [2.75, 3.05) is 12.8 Å². The summed E-state index contributed by atoms with van der Waals surface area (Å²) in [6, 6.07) is 11.5. The first-order chi connectivity index (χ1) is 13.1. The molecule has 0 spiro atoms. The molecular formula is C18H17NO7S2. The van der Waals surface area contributed by atoms with Crippen LogP contribution in [-0.4, -0.2) is 40.7 Å². The van der Waals surface area contributed by atoms with Crippen LogP contribution in [0.15, 0.2) is 62.7 Å². The molecule has 0 radical (unpaired) electrons. The molecule has 0 saturated heterocycles. The standard InChI is InChI=1S/C18H17NO7S2/c1-27(22,23)14-3-5-15(6-4-14)28(24,25)19-9-8-12-2-7-16-13(10-12)11-17(26-16)18(20)21/h2-7,10-11,19H,8-9H2,1H3,(H,20,21). The molecule has 0 fully saturated rings. The van der Waals surface area contributed by atoms with E-state index < -0.39 is 25.8 Å². The van der Waals surface area contributed by atoms with E-state index in [1.807, 2.05) is 0 Å². The van der Waals surface area contributed by atoms with Gasteiger partial charge >= 0.3 is 5.97 Å². The van der Waals surface area contributed by atoms with Crippen molar-refractivity contribution in [2.24, 2.45) is 0 Å². The molecule has 1 heterocycles. The number of carboxylic acids is 1. The highest BCUT2D eigenvalue weighted by Gasteiger charge is 2.15. The lowest BCUT2D eigenvalue weighted by molar-refractivity contribution is 0.0665. The summed E-state index contributed by atoms with van der Waals surface area (Å²) < 4.78 is 55.2. The molecule has 2 aromatic carbocycles. The van der Waals surface area contributed by atoms with Gasteiger partial charge in [0.25, 0.3) is 0 Å². The Bertz CT molecular complexity index is 1240. The zero-order valence-corrected chi connectivity index (χ0v) is 16.4. The van der Waals surface area contributed by atoms with Crippen LogP contribution < -0.4 is 4.72 Å². The molecule has 10 heteroatoms. The largest absolute Gasteiger partial charge is 0.475 e. The maximum atomic E-state index is 12.3. The Morgan fingerprint density at radius 1 is 1.00 bits per heavy atom. The molecule has 8 nitrogen and oxygen atoms in total. The second-order valence-corrected chi connectivity index (χ2v) is 9.96. The van der Waals surface area contributed by atoms with Gasteiger partial charge < -0.3 is 9.52 Å². The predicted octanol–water partition coefficient (Wildman–Crippen LogP) is 2.06. The van der Waals surface area contributed by atoms with Crippen molar-refractivity contribution < 1.29 is 31.2 Å². The van der Waals surface area contributed by atoms with Gasteiger partial charge in [-0.25, -0.2) is 26.4 Å². The average molecular weight is 423 g/mol. The van der Waals surface area contributed by atoms with Gasteiger partial charge in [0.1, 0.15) is 5.58 Å². The fourth-order valence-electron chi connectivity index (χ4n) is 2.63. The van der Waals surface area contributed by atoms with Crippen LogP contribution in [0.25, 0.3) is 11.0 Å². The molecule has 0 amide bonds. The number of carbonyl (C=O) groups is 1. The molecule has 3 rings (SSSR count). The molecule has 0 atom stereocenters. The van der Waals surface area contributed by atoms with Crippen LogP contribution in [0.4, 0.5) is 0 Å². The highest BCUT2D eigenvalue weighted by molar-refractivity contribution is 7.90. The van der Waals surface area contributed by atoms with Crippen LogP contribution in [0.3, 0.4) is 0 Å². The summed E-state index contributed by atoms with van der Waals surface area (Å²) in [6.45, 7) is 0.116. The molecule has 28 heavy (non-hydrogen) atoms. The molecule has 2 N–H and O–H groups in total. The van der Waals surface area contributed by atoms with Gasteiger partial charge in [-0.1, -0.05) is 6.07 Å². The molecule has 0 aliphatic rings. The molecule has 1 aromatic heterocycles. The molecule has 0 unspecified atom stereocenters. The van der Waals surface area contributed by atoms with Crippen molar-refractivity contribution in [1.29, 1.82) is 0 Å². The molecule has 0 aliphatic carbocycles. The van der Waals surface area contributed by atoms with Gasteiger partial charge in [0.05, 0.1) is 9.79 Å². The van der Waals surface area contributed by atoms with E-state index in [1.54, 1.807) is 18.2 Å². The highest BCUT2D eigenvalue weighted by Crippen LogP contribution is 2.21. The summed E-state index contributed by atoms with van der Waals surface area (Å²) in [7, 11) is -7.18. The number of rotatable bonds is 7. The minimum Gasteiger partial charge on any atom is -0.475 e. The number of carboxylic acid groups (broad SMARTS) is 1. The monoisotopic (exact) mass is 423 g/mol. The van der Waals surface area contributed by atoms with Gasteiger partial charge in [-0.2, -0.15) is 0 Å². The average Bonchev–Trinajstić information content (AvgIpc) is 3.05. The number of hydrogen-bond acceptors (Lipinski definition) is 6. The number of hydrogen-bond donors (Lipinski definition) is 2. The van der Waals surface area contributed by atoms with Gasteiger partial charge in [-0.15, -0.1) is 0 Å². The zero-order valence-electron chi connectivity index (χ0n) is 14.7. The summed E-state index contributed by atoms with van der Waals surface area (Å²) in [4.78, 5) is 11.0. The SMILES string of the molecule is CS(=O)(=O)c1ccc(S(=O)(=O)NCCc2ccc3oc(C(=O)O)cc3c2)cc1. The van der Waals surface area contributed by atoms with Gasteiger partial charge in [-0.05, 0) is 54.4 Å². The Hall–Kier alpha value is -2.69. The van der Waals surface area contributed by atoms with Crippen LogP contribution in [0.1, 0.15) is 16.1 Å². The molecule has 0 saturated carbocycles. The van der Waals surface area contributed by atoms with Crippen molar-refractivity contribution in [1.82, 2.24) is 4.72 Å². The van der Waals surface area contributed by atoms with Crippen molar-refractivity contribution in [2.45, 2.75) is 16.2 Å². The number of aromatic carboxylic acids is 1. The van der Waals surface area contributed by atoms with Gasteiger partial charge in [0.15, 0.2) is 9.84 Å². The number of sulfonamides is 1. The van der Waals surface area contributed by atoms with Crippen LogP contribution >= 0.6 is 0 Å². The van der Waals surface area contributed by atoms with E-state index in [2.05, 4.69) is 4.72 Å². The van der Waals surface area contributed by atoms with Crippen LogP contribution in [-0.2, 0) is 26.3 Å². The summed E-state index contributed by atoms with van der Waals surface area (Å²) in [6.07, 6.45) is 1.43. The summed E-state index contributed by atoms with van der Waals surface area (Å²) in [5, 5.41) is 9.57. The minimum atomic E-state index is -3.78. The number of benzene rings is 2. The Morgan fingerprint density at radius 2 is 1.64 bits per heavy atom. The van der Waals surface area contributed by atoms with Crippen molar-refractivity contribution in [3.63, 3.8) is 0 Å². The Kier molecular flexibility index (Phi) is 5.28. The van der Waals surface area contributed by atoms with E-state index in [0.717, 1.165) is 11.8 Å². The lowest BCUT2D eigenvalue weighted by atomic mass is 10.1. The summed E-state index contributed by atoms with van der Waals surface area (Å²) in [5.74, 6) is -1.32. The number of nitrogens with one attached hydrogen (secondary N) is 1. The quantitative estimate of drug-likeness (QED) is 0.595. The highest BCUT2D eigenvalue weighted by atomic mass is 32.2. The smallest absolute Gasteiger partial charge is 0.371 e. The van der Waals surface area contributed by atoms with Gasteiger partial charge in [-0.3, -0.25) is 0 Å². The lowest BCUT2D eigenvalue weighted by Crippen LogP contribution is -2.26. The van der Waals surface area contributed by atoms with E-state index in [9.17, 15) is 21.6 Å². The van der Waals surface area contributed by atoms with Crippen molar-refractivity contribution in [3.8, 4) is 0 Å². The number of sulfone groups is 1. The van der Waals surface area contributed by atoms with Crippen molar-refractivity contribution >= 4 is 36.8 Å². The topological polar surface area (TPSA) is 131 Å². The molecule has 0 aliphatic heterocycles. The van der Waals surface area contributed by atoms with E-state index >= 15 is 0 Å². The zero-order chi connectivity index (χ0) is 20.5. The Morgan fingerprint density at radius 3 is 2.25 bits per heavy atom. The van der Waals surface area contributed by atoms with Crippen molar-refractivity contribution in [3.05, 3.63) is 59.9 Å². The number of fused-ring (bicyclic) bond motifs is 1. The predicted molar refractivity (Wildman–Crippen MR) is 102 cm³/mol. The minimum absolute atomic E-state index is 0.0312. The fourth-order valence-corrected chi connectivity index (χ4v) is 4.30. The van der Waals surface area contributed by atoms with Crippen LogP contribution in [0, 0.1) is 0 Å². The molecular weight excluding hydrogens is 406 g/mol. The summed E-state index contributed by atoms with van der Waals surface area (Å²) >= 11 is 0. The van der Waals surface area contributed by atoms with Gasteiger partial charge in [0, 0.05) is 18.2 Å². The Balaban J connectivity index is 1.68. The van der Waals surface area contributed by atoms with Crippen LogP contribution in [0.2, 0.25) is 0 Å². The third kappa shape index (κ3) is 4.41. The number of furan rings is 1. The maximum Gasteiger partial charge on any atom is 0.371 e. The summed E-state index contributed by atoms with van der Waals surface area (Å²) in [5.41, 5.74) is 1.24. The normalized spacial score (nSPS) is 12.3. The first-order valence-corrected chi connectivity index (χ1v) is 11.5. The second-order valence-electron chi connectivity index (χ2n) is 6.18. The molecule has 3 aromatic rings. The van der Waals surface area contributed by atoms with E-state index in [1.165, 1.54) is 30.3 Å². The fraction of sp³-hybridized carbons (Fsp3) is 0.167. The van der Waals surface area contributed by atoms with Crippen LogP contribution in [0.5, 0.6) is 0 Å². The Labute approximate surface area is 161 Å². The molecule has 148 valence electrons. The maximum absolute atomic E-state index is 12.3. The third-order valence-corrected chi connectivity index (χ3v) is 6.66. The third-order valence-electron chi connectivity index (χ3n) is 4.06. The first kappa shape index (κ1) is 20.1. The van der Waals surface area contributed by atoms with Gasteiger partial charge in [0.2, 0.25) is 15.8 Å².